The summed E-state index contributed by atoms with van der Waals surface area (Å²) < 4.78 is 16.2. The Morgan fingerprint density at radius 2 is 1.70 bits per heavy atom. The van der Waals surface area contributed by atoms with E-state index in [-0.39, 0.29) is 12.2 Å². The molecular weight excluding hydrogens is 425 g/mol. The number of carbonyl (C=O) groups is 1. The molecule has 0 fully saturated rings. The number of rotatable bonds is 6. The van der Waals surface area contributed by atoms with Gasteiger partial charge in [0.05, 0.1) is 18.3 Å². The average molecular weight is 445 g/mol. The first-order chi connectivity index (χ1) is 16.0. The summed E-state index contributed by atoms with van der Waals surface area (Å²) in [6, 6.07) is 18.9. The van der Waals surface area contributed by atoms with Crippen LogP contribution in [0.15, 0.2) is 88.6 Å². The maximum atomic E-state index is 14.5. The Morgan fingerprint density at radius 1 is 1.00 bits per heavy atom. The Labute approximate surface area is 188 Å². The van der Waals surface area contributed by atoms with Crippen LogP contribution in [0, 0.1) is 5.82 Å². The molecule has 0 spiro atoms. The van der Waals surface area contributed by atoms with Crippen LogP contribution in [0.2, 0.25) is 0 Å². The number of hydrogen-bond donors (Lipinski definition) is 1. The fourth-order valence-electron chi connectivity index (χ4n) is 3.39. The number of aromatic nitrogens is 4. The molecule has 0 saturated carbocycles. The maximum Gasteiger partial charge on any atom is 0.352 e. The summed E-state index contributed by atoms with van der Waals surface area (Å²) in [5.74, 6) is -1.52. The topological polar surface area (TPSA) is 98.9 Å². The minimum Gasteiger partial charge on any atom is -0.345 e. The molecule has 1 atom stereocenters. The summed E-state index contributed by atoms with van der Waals surface area (Å²) in [6.45, 7) is 1.70. The van der Waals surface area contributed by atoms with Crippen molar-refractivity contribution in [2.24, 2.45) is 0 Å². The quantitative estimate of drug-likeness (QED) is 0.492. The van der Waals surface area contributed by atoms with Gasteiger partial charge in [0.25, 0.3) is 11.5 Å². The molecule has 2 aromatic heterocycles. The molecule has 8 nitrogen and oxygen atoms in total. The molecule has 1 N–H and O–H groups in total. The van der Waals surface area contributed by atoms with Crippen molar-refractivity contribution >= 4 is 5.91 Å². The lowest BCUT2D eigenvalue weighted by Crippen LogP contribution is -2.47. The van der Waals surface area contributed by atoms with Crippen molar-refractivity contribution in [1.82, 2.24) is 24.6 Å². The molecule has 2 heterocycles. The van der Waals surface area contributed by atoms with Gasteiger partial charge in [0, 0.05) is 6.20 Å². The van der Waals surface area contributed by atoms with Crippen LogP contribution in [0.3, 0.4) is 0 Å². The average Bonchev–Trinajstić information content (AvgIpc) is 2.84. The predicted molar refractivity (Wildman–Crippen MR) is 120 cm³/mol. The summed E-state index contributed by atoms with van der Waals surface area (Å²) in [4.78, 5) is 43.5. The van der Waals surface area contributed by atoms with Crippen LogP contribution in [0.1, 0.15) is 34.7 Å². The standard InChI is InChI=1S/C24H20FN5O3/c1-16(17-9-3-2-4-10-17)29-23(32)21(22(31)27-15-18-11-7-8-14-26-18)28-30(24(29)33)20-13-6-5-12-19(20)25/h2-14,16H,15H2,1H3,(H,27,31)/t16-/m0/s1. The zero-order valence-electron chi connectivity index (χ0n) is 17.7. The molecule has 0 aliphatic carbocycles. The van der Waals surface area contributed by atoms with E-state index in [0.717, 1.165) is 9.25 Å². The molecule has 0 bridgehead atoms. The Balaban J connectivity index is 1.85. The van der Waals surface area contributed by atoms with Gasteiger partial charge < -0.3 is 5.32 Å². The molecule has 9 heteroatoms. The minimum absolute atomic E-state index is 0.0495. The van der Waals surface area contributed by atoms with E-state index >= 15 is 0 Å². The van der Waals surface area contributed by atoms with Crippen LogP contribution >= 0.6 is 0 Å². The van der Waals surface area contributed by atoms with Crippen molar-refractivity contribution in [3.8, 4) is 5.69 Å². The molecule has 0 aliphatic heterocycles. The van der Waals surface area contributed by atoms with Gasteiger partial charge in [0.2, 0.25) is 5.69 Å². The second-order valence-electron chi connectivity index (χ2n) is 7.26. The fourth-order valence-corrected chi connectivity index (χ4v) is 3.39. The number of nitrogens with one attached hydrogen (secondary N) is 1. The second-order valence-corrected chi connectivity index (χ2v) is 7.26. The molecule has 0 unspecified atom stereocenters. The number of pyridine rings is 1. The second kappa shape index (κ2) is 9.39. The third-order valence-electron chi connectivity index (χ3n) is 5.13. The summed E-state index contributed by atoms with van der Waals surface area (Å²) >= 11 is 0. The van der Waals surface area contributed by atoms with E-state index in [1.54, 1.807) is 61.7 Å². The van der Waals surface area contributed by atoms with Crippen molar-refractivity contribution in [3.63, 3.8) is 0 Å². The largest absolute Gasteiger partial charge is 0.352 e. The molecule has 0 saturated heterocycles. The highest BCUT2D eigenvalue weighted by Crippen LogP contribution is 2.15. The third-order valence-corrected chi connectivity index (χ3v) is 5.13. The van der Waals surface area contributed by atoms with Crippen molar-refractivity contribution in [3.05, 3.63) is 123 Å². The number of halogens is 1. The number of amides is 1. The maximum absolute atomic E-state index is 14.5. The van der Waals surface area contributed by atoms with Crippen LogP contribution in [-0.2, 0) is 6.54 Å². The van der Waals surface area contributed by atoms with Crippen molar-refractivity contribution < 1.29 is 9.18 Å². The molecule has 0 aliphatic rings. The number of carbonyl (C=O) groups excluding carboxylic acids is 1. The van der Waals surface area contributed by atoms with Crippen LogP contribution in [-0.4, -0.2) is 25.2 Å². The number of para-hydroxylation sites is 1. The Bertz CT molecular complexity index is 1400. The first-order valence-electron chi connectivity index (χ1n) is 10.2. The molecule has 4 rings (SSSR count). The molecule has 1 amide bonds. The van der Waals surface area contributed by atoms with Gasteiger partial charge in [0.1, 0.15) is 11.5 Å². The highest BCUT2D eigenvalue weighted by atomic mass is 19.1. The molecule has 166 valence electrons. The van der Waals surface area contributed by atoms with Crippen molar-refractivity contribution in [2.75, 3.05) is 0 Å². The fraction of sp³-hybridized carbons (Fsp3) is 0.125. The van der Waals surface area contributed by atoms with Gasteiger partial charge in [-0.25, -0.2) is 13.8 Å². The van der Waals surface area contributed by atoms with E-state index in [4.69, 9.17) is 0 Å². The van der Waals surface area contributed by atoms with Crippen LogP contribution in [0.4, 0.5) is 4.39 Å². The normalized spacial score (nSPS) is 11.7. The first-order valence-corrected chi connectivity index (χ1v) is 10.2. The van der Waals surface area contributed by atoms with Gasteiger partial charge in [-0.05, 0) is 36.8 Å². The van der Waals surface area contributed by atoms with Crippen LogP contribution in [0.25, 0.3) is 5.69 Å². The number of nitrogens with zero attached hydrogens (tertiary/aromatic N) is 4. The van der Waals surface area contributed by atoms with E-state index in [9.17, 15) is 18.8 Å². The number of hydrogen-bond acceptors (Lipinski definition) is 5. The molecular formula is C24H20FN5O3. The Kier molecular flexibility index (Phi) is 6.21. The molecule has 0 radical (unpaired) electrons. The van der Waals surface area contributed by atoms with Gasteiger partial charge in [0.15, 0.2) is 0 Å². The zero-order chi connectivity index (χ0) is 23.4. The third kappa shape index (κ3) is 4.47. The van der Waals surface area contributed by atoms with Crippen LogP contribution < -0.4 is 16.6 Å². The van der Waals surface area contributed by atoms with Gasteiger partial charge in [-0.15, -0.1) is 0 Å². The van der Waals surface area contributed by atoms with E-state index in [1.807, 2.05) is 0 Å². The van der Waals surface area contributed by atoms with Crippen LogP contribution in [0.5, 0.6) is 0 Å². The van der Waals surface area contributed by atoms with E-state index in [2.05, 4.69) is 15.4 Å². The minimum atomic E-state index is -0.873. The lowest BCUT2D eigenvalue weighted by molar-refractivity contribution is 0.0940. The predicted octanol–water partition coefficient (Wildman–Crippen LogP) is 2.47. The van der Waals surface area contributed by atoms with Gasteiger partial charge in [-0.2, -0.15) is 9.78 Å². The van der Waals surface area contributed by atoms with Gasteiger partial charge >= 0.3 is 5.69 Å². The summed E-state index contributed by atoms with van der Waals surface area (Å²) in [5, 5.41) is 6.54. The smallest absolute Gasteiger partial charge is 0.345 e. The number of benzene rings is 2. The van der Waals surface area contributed by atoms with E-state index in [1.165, 1.54) is 24.3 Å². The molecule has 33 heavy (non-hydrogen) atoms. The van der Waals surface area contributed by atoms with Crippen molar-refractivity contribution in [1.29, 1.82) is 0 Å². The zero-order valence-corrected chi connectivity index (χ0v) is 17.7. The SMILES string of the molecule is C[C@@H](c1ccccc1)n1c(=O)c(C(=O)NCc2ccccn2)nn(-c2ccccc2F)c1=O. The summed E-state index contributed by atoms with van der Waals surface area (Å²) in [5.41, 5.74) is -1.19. The van der Waals surface area contributed by atoms with E-state index < -0.39 is 34.7 Å². The lowest BCUT2D eigenvalue weighted by atomic mass is 10.1. The lowest BCUT2D eigenvalue weighted by Gasteiger charge is -2.18. The molecule has 2 aromatic carbocycles. The molecule has 4 aromatic rings. The van der Waals surface area contributed by atoms with Crippen molar-refractivity contribution in [2.45, 2.75) is 19.5 Å². The highest BCUT2D eigenvalue weighted by molar-refractivity contribution is 5.91. The summed E-state index contributed by atoms with van der Waals surface area (Å²) in [6.07, 6.45) is 1.58. The highest BCUT2D eigenvalue weighted by Gasteiger charge is 2.24. The Morgan fingerprint density at radius 3 is 2.39 bits per heavy atom. The Hall–Kier alpha value is -4.40. The van der Waals surface area contributed by atoms with E-state index in [0.29, 0.717) is 11.3 Å². The van der Waals surface area contributed by atoms with Gasteiger partial charge in [-0.3, -0.25) is 14.6 Å². The first kappa shape index (κ1) is 21.8. The summed E-state index contributed by atoms with van der Waals surface area (Å²) in [7, 11) is 0. The van der Waals surface area contributed by atoms with Gasteiger partial charge in [-0.1, -0.05) is 48.5 Å². The monoisotopic (exact) mass is 445 g/mol.